The lowest BCUT2D eigenvalue weighted by Gasteiger charge is -2.08. The number of nitrogens with zero attached hydrogens (tertiary/aromatic N) is 1. The summed E-state index contributed by atoms with van der Waals surface area (Å²) >= 11 is 0. The molecule has 0 amide bonds. The summed E-state index contributed by atoms with van der Waals surface area (Å²) in [4.78, 5) is 0. The topological polar surface area (TPSA) is 51.2 Å². The Balaban J connectivity index is 2.48. The number of hydrogen-bond acceptors (Lipinski definition) is 2. The molecule has 2 atom stereocenters. The minimum atomic E-state index is -0.236. The summed E-state index contributed by atoms with van der Waals surface area (Å²) in [5.74, 6) is 0. The van der Waals surface area contributed by atoms with Gasteiger partial charge in [-0.3, -0.25) is 0 Å². The van der Waals surface area contributed by atoms with Crippen LogP contribution < -0.4 is 5.73 Å². The molecular weight excluding hydrogens is 188 g/mol. The van der Waals surface area contributed by atoms with E-state index in [1.165, 1.54) is 5.56 Å². The van der Waals surface area contributed by atoms with Gasteiger partial charge in [0.2, 0.25) is 0 Å². The second kappa shape index (κ2) is 5.93. The second-order valence-electron chi connectivity index (χ2n) is 4.22. The predicted octanol–water partition coefficient (Wildman–Crippen LogP) is 2.06. The van der Waals surface area contributed by atoms with E-state index in [9.17, 15) is 5.11 Å². The molecule has 0 saturated carbocycles. The highest BCUT2D eigenvalue weighted by molar-refractivity contribution is 5.14. The number of rotatable bonds is 6. The van der Waals surface area contributed by atoms with Gasteiger partial charge < -0.3 is 15.4 Å². The van der Waals surface area contributed by atoms with Crippen LogP contribution >= 0.6 is 0 Å². The van der Waals surface area contributed by atoms with E-state index < -0.39 is 0 Å². The van der Waals surface area contributed by atoms with E-state index >= 15 is 0 Å². The normalized spacial score (nSPS) is 15.2. The first-order valence-corrected chi connectivity index (χ1v) is 5.72. The number of aryl methyl sites for hydroxylation is 1. The van der Waals surface area contributed by atoms with Crippen molar-refractivity contribution in [2.24, 2.45) is 5.73 Å². The minimum absolute atomic E-state index is 0.155. The van der Waals surface area contributed by atoms with Crippen molar-refractivity contribution >= 4 is 0 Å². The molecule has 1 rings (SSSR count). The molecule has 0 aliphatic carbocycles. The fourth-order valence-corrected chi connectivity index (χ4v) is 1.63. The average molecular weight is 210 g/mol. The number of aliphatic hydroxyl groups is 1. The Labute approximate surface area is 91.9 Å². The van der Waals surface area contributed by atoms with E-state index in [4.69, 9.17) is 5.73 Å². The summed E-state index contributed by atoms with van der Waals surface area (Å²) in [5.41, 5.74) is 7.21. The molecule has 1 aromatic heterocycles. The van der Waals surface area contributed by atoms with E-state index in [0.29, 0.717) is 0 Å². The summed E-state index contributed by atoms with van der Waals surface area (Å²) in [7, 11) is 0. The zero-order valence-corrected chi connectivity index (χ0v) is 9.69. The quantitative estimate of drug-likeness (QED) is 0.755. The minimum Gasteiger partial charge on any atom is -0.393 e. The van der Waals surface area contributed by atoms with Crippen molar-refractivity contribution in [1.82, 2.24) is 4.57 Å². The SMILES string of the molecule is CCCC(N)c1ccn(CCC(C)O)c1. The molecule has 0 fully saturated rings. The molecular formula is C12H22N2O. The van der Waals surface area contributed by atoms with Gasteiger partial charge in [0.05, 0.1) is 6.10 Å². The van der Waals surface area contributed by atoms with Crippen molar-refractivity contribution in [1.29, 1.82) is 0 Å². The maximum atomic E-state index is 9.18. The van der Waals surface area contributed by atoms with Gasteiger partial charge in [0.1, 0.15) is 0 Å². The third-order valence-corrected chi connectivity index (χ3v) is 2.61. The fourth-order valence-electron chi connectivity index (χ4n) is 1.63. The smallest absolute Gasteiger partial charge is 0.0529 e. The fraction of sp³-hybridized carbons (Fsp3) is 0.667. The molecule has 3 nitrogen and oxygen atoms in total. The average Bonchev–Trinajstić information content (AvgIpc) is 2.63. The standard InChI is InChI=1S/C12H22N2O/c1-3-4-12(13)11-6-8-14(9-11)7-5-10(2)15/h6,8-10,12,15H,3-5,7,13H2,1-2H3. The summed E-state index contributed by atoms with van der Waals surface area (Å²) in [6, 6.07) is 2.23. The third kappa shape index (κ3) is 4.06. The molecule has 0 aliphatic heterocycles. The van der Waals surface area contributed by atoms with E-state index in [0.717, 1.165) is 25.8 Å². The van der Waals surface area contributed by atoms with Crippen LogP contribution in [0.1, 0.15) is 44.7 Å². The first kappa shape index (κ1) is 12.3. The van der Waals surface area contributed by atoms with Crippen molar-refractivity contribution in [3.63, 3.8) is 0 Å². The van der Waals surface area contributed by atoms with Gasteiger partial charge >= 0.3 is 0 Å². The Hall–Kier alpha value is -0.800. The Morgan fingerprint density at radius 3 is 2.80 bits per heavy atom. The van der Waals surface area contributed by atoms with Crippen molar-refractivity contribution in [3.8, 4) is 0 Å². The van der Waals surface area contributed by atoms with Crippen molar-refractivity contribution in [3.05, 3.63) is 24.0 Å². The van der Waals surface area contributed by atoms with Gasteiger partial charge in [0.15, 0.2) is 0 Å². The van der Waals surface area contributed by atoms with Crippen LogP contribution in [0, 0.1) is 0 Å². The third-order valence-electron chi connectivity index (χ3n) is 2.61. The van der Waals surface area contributed by atoms with E-state index in [2.05, 4.69) is 23.8 Å². The molecule has 15 heavy (non-hydrogen) atoms. The summed E-state index contributed by atoms with van der Waals surface area (Å²) in [6.45, 7) is 4.81. The van der Waals surface area contributed by atoms with Crippen molar-refractivity contribution in [2.45, 2.75) is 51.8 Å². The van der Waals surface area contributed by atoms with Crippen LogP contribution in [0.4, 0.5) is 0 Å². The van der Waals surface area contributed by atoms with Gasteiger partial charge in [-0.1, -0.05) is 13.3 Å². The first-order chi connectivity index (χ1) is 7.13. The van der Waals surface area contributed by atoms with E-state index in [1.807, 2.05) is 13.1 Å². The number of aromatic nitrogens is 1. The first-order valence-electron chi connectivity index (χ1n) is 5.72. The van der Waals surface area contributed by atoms with Crippen LogP contribution in [0.25, 0.3) is 0 Å². The number of hydrogen-bond donors (Lipinski definition) is 2. The highest BCUT2D eigenvalue weighted by Crippen LogP contribution is 2.16. The molecule has 0 saturated heterocycles. The van der Waals surface area contributed by atoms with E-state index in [1.54, 1.807) is 0 Å². The lowest BCUT2D eigenvalue weighted by atomic mass is 10.1. The van der Waals surface area contributed by atoms with Gasteiger partial charge in [0.25, 0.3) is 0 Å². The second-order valence-corrected chi connectivity index (χ2v) is 4.22. The molecule has 3 heteroatoms. The maximum absolute atomic E-state index is 9.18. The van der Waals surface area contributed by atoms with Gasteiger partial charge in [-0.25, -0.2) is 0 Å². The van der Waals surface area contributed by atoms with Gasteiger partial charge in [-0.15, -0.1) is 0 Å². The maximum Gasteiger partial charge on any atom is 0.0529 e. The molecule has 0 spiro atoms. The van der Waals surface area contributed by atoms with Gasteiger partial charge in [0, 0.05) is 25.0 Å². The van der Waals surface area contributed by atoms with Crippen LogP contribution in [-0.4, -0.2) is 15.8 Å². The molecule has 2 unspecified atom stereocenters. The lowest BCUT2D eigenvalue weighted by Crippen LogP contribution is -2.09. The van der Waals surface area contributed by atoms with Crippen molar-refractivity contribution in [2.75, 3.05) is 0 Å². The molecule has 0 aromatic carbocycles. The molecule has 0 radical (unpaired) electrons. The highest BCUT2D eigenvalue weighted by atomic mass is 16.3. The largest absolute Gasteiger partial charge is 0.393 e. The van der Waals surface area contributed by atoms with E-state index in [-0.39, 0.29) is 12.1 Å². The summed E-state index contributed by atoms with van der Waals surface area (Å²) in [5, 5.41) is 9.18. The Morgan fingerprint density at radius 1 is 1.47 bits per heavy atom. The highest BCUT2D eigenvalue weighted by Gasteiger charge is 2.06. The van der Waals surface area contributed by atoms with Gasteiger partial charge in [-0.05, 0) is 31.4 Å². The van der Waals surface area contributed by atoms with Crippen molar-refractivity contribution < 1.29 is 5.11 Å². The molecule has 3 N–H and O–H groups in total. The number of aliphatic hydroxyl groups excluding tert-OH is 1. The van der Waals surface area contributed by atoms with Crippen LogP contribution in [0.2, 0.25) is 0 Å². The zero-order valence-electron chi connectivity index (χ0n) is 9.69. The van der Waals surface area contributed by atoms with Crippen LogP contribution in [0.5, 0.6) is 0 Å². The van der Waals surface area contributed by atoms with Crippen LogP contribution in [0.15, 0.2) is 18.5 Å². The zero-order chi connectivity index (χ0) is 11.3. The summed E-state index contributed by atoms with van der Waals surface area (Å²) < 4.78 is 2.09. The molecule has 1 heterocycles. The summed E-state index contributed by atoms with van der Waals surface area (Å²) in [6.07, 6.45) is 6.81. The number of nitrogens with two attached hydrogens (primary N) is 1. The molecule has 1 aromatic rings. The Kier molecular flexibility index (Phi) is 4.85. The lowest BCUT2D eigenvalue weighted by molar-refractivity contribution is 0.178. The van der Waals surface area contributed by atoms with Crippen LogP contribution in [-0.2, 0) is 6.54 Å². The molecule has 86 valence electrons. The molecule has 0 bridgehead atoms. The van der Waals surface area contributed by atoms with Crippen LogP contribution in [0.3, 0.4) is 0 Å². The predicted molar refractivity (Wildman–Crippen MR) is 62.6 cm³/mol. The Bertz CT molecular complexity index is 281. The Morgan fingerprint density at radius 2 is 2.20 bits per heavy atom. The monoisotopic (exact) mass is 210 g/mol. The van der Waals surface area contributed by atoms with Gasteiger partial charge in [-0.2, -0.15) is 0 Å². The molecule has 0 aliphatic rings.